The van der Waals surface area contributed by atoms with Crippen LogP contribution >= 0.6 is 0 Å². The zero-order valence-electron chi connectivity index (χ0n) is 23.6. The molecule has 0 N–H and O–H groups in total. The van der Waals surface area contributed by atoms with E-state index in [0.717, 1.165) is 88.9 Å². The van der Waals surface area contributed by atoms with Crippen LogP contribution < -0.4 is 0 Å². The molecule has 0 fully saturated rings. The molecule has 4 nitrogen and oxygen atoms in total. The molecule has 0 radical (unpaired) electrons. The van der Waals surface area contributed by atoms with Crippen molar-refractivity contribution in [3.05, 3.63) is 146 Å². The number of pyridine rings is 2. The summed E-state index contributed by atoms with van der Waals surface area (Å²) >= 11 is 0. The van der Waals surface area contributed by atoms with E-state index < -0.39 is 0 Å². The third-order valence-corrected chi connectivity index (χ3v) is 8.30. The van der Waals surface area contributed by atoms with Crippen LogP contribution in [0.25, 0.3) is 88.9 Å². The van der Waals surface area contributed by atoms with Gasteiger partial charge in [0.2, 0.25) is 0 Å². The molecule has 9 aromatic rings. The van der Waals surface area contributed by atoms with Gasteiger partial charge in [0, 0.05) is 43.8 Å². The molecule has 0 aliphatic rings. The Morgan fingerprint density at radius 1 is 0.295 bits per heavy atom. The largest absolute Gasteiger partial charge is 0.456 e. The van der Waals surface area contributed by atoms with Crippen molar-refractivity contribution in [3.8, 4) is 45.0 Å². The Morgan fingerprint density at radius 2 is 0.682 bits per heavy atom. The second-order valence-electron chi connectivity index (χ2n) is 11.0. The number of nitrogens with zero attached hydrogens (tertiary/aromatic N) is 2. The summed E-state index contributed by atoms with van der Waals surface area (Å²) in [5, 5.41) is 4.42. The average Bonchev–Trinajstić information content (AvgIpc) is 3.66. The van der Waals surface area contributed by atoms with Gasteiger partial charge in [-0.3, -0.25) is 0 Å². The maximum Gasteiger partial charge on any atom is 0.135 e. The van der Waals surface area contributed by atoms with Crippen molar-refractivity contribution >= 4 is 43.9 Å². The molecule has 0 saturated heterocycles. The molecule has 0 atom stereocenters. The average molecular weight is 565 g/mol. The molecule has 9 rings (SSSR count). The number of furan rings is 2. The lowest BCUT2D eigenvalue weighted by atomic mass is 10.0. The summed E-state index contributed by atoms with van der Waals surface area (Å²) in [7, 11) is 0. The van der Waals surface area contributed by atoms with Crippen LogP contribution in [0.1, 0.15) is 0 Å². The predicted molar refractivity (Wildman–Crippen MR) is 178 cm³/mol. The fourth-order valence-corrected chi connectivity index (χ4v) is 6.12. The maximum absolute atomic E-state index is 6.03. The number of para-hydroxylation sites is 2. The Labute approximate surface area is 252 Å². The summed E-state index contributed by atoms with van der Waals surface area (Å²) < 4.78 is 12.1. The quantitative estimate of drug-likeness (QED) is 0.213. The molecule has 0 unspecified atom stereocenters. The summed E-state index contributed by atoms with van der Waals surface area (Å²) in [6, 6.07) is 49.6. The highest BCUT2D eigenvalue weighted by Crippen LogP contribution is 2.34. The molecule has 206 valence electrons. The predicted octanol–water partition coefficient (Wildman–Crippen LogP) is 10.9. The number of benzene rings is 5. The minimum atomic E-state index is 0.881. The molecule has 5 aromatic carbocycles. The Hall–Kier alpha value is -6.00. The lowest BCUT2D eigenvalue weighted by Crippen LogP contribution is -1.90. The summed E-state index contributed by atoms with van der Waals surface area (Å²) in [4.78, 5) is 10.1. The Balaban J connectivity index is 1.07. The molecule has 0 aliphatic carbocycles. The molecular weight excluding hydrogens is 540 g/mol. The third kappa shape index (κ3) is 4.08. The van der Waals surface area contributed by atoms with Crippen LogP contribution in [0.15, 0.2) is 154 Å². The summed E-state index contributed by atoms with van der Waals surface area (Å²) in [5.74, 6) is 0. The first-order valence-electron chi connectivity index (χ1n) is 14.7. The molecule has 0 saturated carbocycles. The standard InChI is InChI=1S/C40H24N2O2/c1-3-16-37-29(10-1)31-23-27(18-20-39(31)43-37)35-14-6-12-33(41-35)25-8-5-9-26(22-25)34-13-7-15-36(42-34)28-19-21-40-32(24-28)30-11-2-4-17-38(30)44-40/h1-24H. The lowest BCUT2D eigenvalue weighted by molar-refractivity contribution is 0.668. The minimum absolute atomic E-state index is 0.881. The molecule has 44 heavy (non-hydrogen) atoms. The van der Waals surface area contributed by atoms with Crippen molar-refractivity contribution in [3.63, 3.8) is 0 Å². The Morgan fingerprint density at radius 3 is 1.16 bits per heavy atom. The van der Waals surface area contributed by atoms with E-state index in [4.69, 9.17) is 18.8 Å². The summed E-state index contributed by atoms with van der Waals surface area (Å²) in [5.41, 5.74) is 11.4. The number of aromatic nitrogens is 2. The van der Waals surface area contributed by atoms with Gasteiger partial charge < -0.3 is 8.83 Å². The second-order valence-corrected chi connectivity index (χ2v) is 11.0. The molecule has 4 heterocycles. The molecular formula is C40H24N2O2. The zero-order chi connectivity index (χ0) is 29.0. The van der Waals surface area contributed by atoms with Gasteiger partial charge in [0.25, 0.3) is 0 Å². The van der Waals surface area contributed by atoms with Gasteiger partial charge in [-0.15, -0.1) is 0 Å². The molecule has 0 spiro atoms. The van der Waals surface area contributed by atoms with Gasteiger partial charge in [-0.2, -0.15) is 0 Å². The van der Waals surface area contributed by atoms with Gasteiger partial charge in [-0.05, 0) is 78.9 Å². The van der Waals surface area contributed by atoms with Gasteiger partial charge >= 0.3 is 0 Å². The number of rotatable bonds is 4. The first kappa shape index (κ1) is 24.6. The van der Waals surface area contributed by atoms with Crippen LogP contribution in [-0.4, -0.2) is 9.97 Å². The smallest absolute Gasteiger partial charge is 0.135 e. The van der Waals surface area contributed by atoms with Gasteiger partial charge in [0.1, 0.15) is 22.3 Å². The van der Waals surface area contributed by atoms with E-state index in [1.165, 1.54) is 0 Å². The summed E-state index contributed by atoms with van der Waals surface area (Å²) in [6.45, 7) is 0. The molecule has 0 aliphatic heterocycles. The van der Waals surface area contributed by atoms with E-state index >= 15 is 0 Å². The molecule has 0 amide bonds. The van der Waals surface area contributed by atoms with E-state index in [1.54, 1.807) is 0 Å². The molecule has 4 heteroatoms. The first-order chi connectivity index (χ1) is 21.8. The van der Waals surface area contributed by atoms with Crippen molar-refractivity contribution in [2.45, 2.75) is 0 Å². The van der Waals surface area contributed by atoms with Gasteiger partial charge in [0.05, 0.1) is 22.8 Å². The van der Waals surface area contributed by atoms with Crippen molar-refractivity contribution in [1.29, 1.82) is 0 Å². The van der Waals surface area contributed by atoms with E-state index in [-0.39, 0.29) is 0 Å². The van der Waals surface area contributed by atoms with E-state index in [1.807, 2.05) is 48.5 Å². The van der Waals surface area contributed by atoms with Crippen LogP contribution in [-0.2, 0) is 0 Å². The van der Waals surface area contributed by atoms with Crippen LogP contribution in [0.5, 0.6) is 0 Å². The fraction of sp³-hybridized carbons (Fsp3) is 0. The van der Waals surface area contributed by atoms with Gasteiger partial charge in [-0.25, -0.2) is 9.97 Å². The normalized spacial score (nSPS) is 11.6. The second kappa shape index (κ2) is 9.79. The van der Waals surface area contributed by atoms with Crippen LogP contribution in [0.4, 0.5) is 0 Å². The highest BCUT2D eigenvalue weighted by molar-refractivity contribution is 6.07. The van der Waals surface area contributed by atoms with Crippen LogP contribution in [0, 0.1) is 0 Å². The van der Waals surface area contributed by atoms with Crippen LogP contribution in [0.3, 0.4) is 0 Å². The Kier molecular flexibility index (Phi) is 5.47. The SMILES string of the molecule is c1cc(-c2cccc(-c3ccc4oc5ccccc5c4c3)n2)cc(-c2cccc(-c3ccc4oc5ccccc5c4c3)n2)c1. The lowest BCUT2D eigenvalue weighted by Gasteiger charge is -2.09. The highest BCUT2D eigenvalue weighted by Gasteiger charge is 2.12. The van der Waals surface area contributed by atoms with Crippen molar-refractivity contribution < 1.29 is 8.83 Å². The topological polar surface area (TPSA) is 52.1 Å². The Bertz CT molecular complexity index is 2350. The van der Waals surface area contributed by atoms with E-state index in [9.17, 15) is 0 Å². The van der Waals surface area contributed by atoms with Gasteiger partial charge in [0.15, 0.2) is 0 Å². The first-order valence-corrected chi connectivity index (χ1v) is 14.7. The zero-order valence-corrected chi connectivity index (χ0v) is 23.6. The van der Waals surface area contributed by atoms with Gasteiger partial charge in [-0.1, -0.05) is 66.7 Å². The minimum Gasteiger partial charge on any atom is -0.456 e. The number of hydrogen-bond acceptors (Lipinski definition) is 4. The third-order valence-electron chi connectivity index (χ3n) is 8.30. The molecule has 4 aromatic heterocycles. The molecule has 0 bridgehead atoms. The maximum atomic E-state index is 6.03. The van der Waals surface area contributed by atoms with Crippen molar-refractivity contribution in [2.24, 2.45) is 0 Å². The highest BCUT2D eigenvalue weighted by atomic mass is 16.3. The fourth-order valence-electron chi connectivity index (χ4n) is 6.12. The monoisotopic (exact) mass is 564 g/mol. The van der Waals surface area contributed by atoms with Crippen molar-refractivity contribution in [2.75, 3.05) is 0 Å². The van der Waals surface area contributed by atoms with E-state index in [2.05, 4.69) is 97.1 Å². The van der Waals surface area contributed by atoms with Crippen molar-refractivity contribution in [1.82, 2.24) is 9.97 Å². The van der Waals surface area contributed by atoms with E-state index in [0.29, 0.717) is 0 Å². The number of fused-ring (bicyclic) bond motifs is 6. The van der Waals surface area contributed by atoms with Crippen LogP contribution in [0.2, 0.25) is 0 Å². The number of hydrogen-bond donors (Lipinski definition) is 0. The summed E-state index contributed by atoms with van der Waals surface area (Å²) in [6.07, 6.45) is 0.